The van der Waals surface area contributed by atoms with Gasteiger partial charge in [0.1, 0.15) is 12.4 Å². The highest BCUT2D eigenvalue weighted by Crippen LogP contribution is 2.31. The van der Waals surface area contributed by atoms with Crippen LogP contribution in [-0.2, 0) is 18.1 Å². The summed E-state index contributed by atoms with van der Waals surface area (Å²) < 4.78 is 46.7. The number of hydrogen-bond donors (Lipinski definition) is 0. The van der Waals surface area contributed by atoms with Crippen molar-refractivity contribution in [1.29, 1.82) is 0 Å². The van der Waals surface area contributed by atoms with E-state index in [4.69, 9.17) is 4.52 Å². The molecule has 0 saturated carbocycles. The molecule has 0 unspecified atom stereocenters. The standard InChI is InChI=1S/C26H23F3N6O2/c1-15-13-20-32-34(14-21-31-22(33-37-21)16-5-9-18(10-6-16)25(2,3)4)24(36)35(20)23(30-15)17-7-11-19(12-8-17)26(27,28)29/h5-13H,14H2,1-4H3. The van der Waals surface area contributed by atoms with Gasteiger partial charge in [0.15, 0.2) is 5.65 Å². The Morgan fingerprint density at radius 3 is 2.14 bits per heavy atom. The zero-order valence-corrected chi connectivity index (χ0v) is 20.5. The van der Waals surface area contributed by atoms with Gasteiger partial charge in [-0.05, 0) is 30.0 Å². The molecule has 3 heterocycles. The smallest absolute Gasteiger partial charge is 0.337 e. The predicted molar refractivity (Wildman–Crippen MR) is 130 cm³/mol. The molecule has 0 atom stereocenters. The number of aryl methyl sites for hydroxylation is 1. The summed E-state index contributed by atoms with van der Waals surface area (Å²) in [6.45, 7) is 8.01. The van der Waals surface area contributed by atoms with Gasteiger partial charge in [-0.2, -0.15) is 18.2 Å². The quantitative estimate of drug-likeness (QED) is 0.328. The van der Waals surface area contributed by atoms with Crippen molar-refractivity contribution in [2.45, 2.75) is 45.8 Å². The zero-order chi connectivity index (χ0) is 26.5. The van der Waals surface area contributed by atoms with Crippen molar-refractivity contribution in [2.24, 2.45) is 0 Å². The highest BCUT2D eigenvalue weighted by molar-refractivity contribution is 5.60. The molecule has 37 heavy (non-hydrogen) atoms. The summed E-state index contributed by atoms with van der Waals surface area (Å²) in [5.74, 6) is 0.751. The fourth-order valence-electron chi connectivity index (χ4n) is 3.94. The average Bonchev–Trinajstić information content (AvgIpc) is 3.42. The number of halogens is 3. The van der Waals surface area contributed by atoms with Crippen LogP contribution in [0.1, 0.15) is 43.5 Å². The van der Waals surface area contributed by atoms with Crippen LogP contribution in [0.25, 0.3) is 28.4 Å². The van der Waals surface area contributed by atoms with Crippen molar-refractivity contribution in [3.05, 3.63) is 87.8 Å². The lowest BCUT2D eigenvalue weighted by Crippen LogP contribution is -2.23. The summed E-state index contributed by atoms with van der Waals surface area (Å²) in [6.07, 6.45) is -4.47. The van der Waals surface area contributed by atoms with Crippen LogP contribution in [0.15, 0.2) is 63.9 Å². The van der Waals surface area contributed by atoms with E-state index in [9.17, 15) is 18.0 Å². The highest BCUT2D eigenvalue weighted by atomic mass is 19.4. The number of hydrogen-bond acceptors (Lipinski definition) is 6. The van der Waals surface area contributed by atoms with Crippen LogP contribution < -0.4 is 5.69 Å². The van der Waals surface area contributed by atoms with E-state index in [1.54, 1.807) is 13.0 Å². The van der Waals surface area contributed by atoms with E-state index in [0.29, 0.717) is 22.7 Å². The molecule has 5 aromatic rings. The molecule has 11 heteroatoms. The topological polar surface area (TPSA) is 91.1 Å². The molecule has 0 spiro atoms. The number of nitrogens with zero attached hydrogens (tertiary/aromatic N) is 6. The summed E-state index contributed by atoms with van der Waals surface area (Å²) in [5, 5.41) is 8.38. The Hall–Kier alpha value is -4.28. The van der Waals surface area contributed by atoms with Crippen molar-refractivity contribution in [1.82, 2.24) is 29.3 Å². The molecule has 0 amide bonds. The van der Waals surface area contributed by atoms with Gasteiger partial charge in [0, 0.05) is 22.9 Å². The van der Waals surface area contributed by atoms with Crippen LogP contribution in [0.4, 0.5) is 13.2 Å². The summed E-state index contributed by atoms with van der Waals surface area (Å²) >= 11 is 0. The maximum Gasteiger partial charge on any atom is 0.416 e. The second-order valence-corrected chi connectivity index (χ2v) is 9.77. The third-order valence-electron chi connectivity index (χ3n) is 5.93. The van der Waals surface area contributed by atoms with E-state index >= 15 is 0 Å². The van der Waals surface area contributed by atoms with E-state index in [1.807, 2.05) is 24.3 Å². The normalized spacial score (nSPS) is 12.4. The lowest BCUT2D eigenvalue weighted by Gasteiger charge is -2.18. The van der Waals surface area contributed by atoms with Crippen LogP contribution >= 0.6 is 0 Å². The Balaban J connectivity index is 1.47. The van der Waals surface area contributed by atoms with Crippen molar-refractivity contribution in [3.63, 3.8) is 0 Å². The zero-order valence-electron chi connectivity index (χ0n) is 20.5. The van der Waals surface area contributed by atoms with E-state index in [2.05, 4.69) is 41.0 Å². The van der Waals surface area contributed by atoms with E-state index in [1.165, 1.54) is 22.1 Å². The molecule has 2 aromatic carbocycles. The van der Waals surface area contributed by atoms with Gasteiger partial charge in [-0.25, -0.2) is 18.9 Å². The highest BCUT2D eigenvalue weighted by Gasteiger charge is 2.30. The van der Waals surface area contributed by atoms with E-state index in [-0.39, 0.29) is 23.7 Å². The molecular weight excluding hydrogens is 485 g/mol. The van der Waals surface area contributed by atoms with Crippen LogP contribution in [0.2, 0.25) is 0 Å². The molecule has 0 N–H and O–H groups in total. The molecule has 3 aromatic heterocycles. The SMILES string of the molecule is Cc1cc2nn(Cc3nc(-c4ccc(C(C)(C)C)cc4)no3)c(=O)n2c(-c2ccc(C(F)(F)F)cc2)n1. The second kappa shape index (κ2) is 8.68. The first kappa shape index (κ1) is 24.4. The molecule has 0 bridgehead atoms. The number of aromatic nitrogens is 6. The summed E-state index contributed by atoms with van der Waals surface area (Å²) in [7, 11) is 0. The minimum Gasteiger partial charge on any atom is -0.337 e. The lowest BCUT2D eigenvalue weighted by atomic mass is 9.87. The molecule has 0 aliphatic carbocycles. The summed E-state index contributed by atoms with van der Waals surface area (Å²) in [6, 6.07) is 13.9. The molecule has 0 saturated heterocycles. The number of rotatable bonds is 4. The van der Waals surface area contributed by atoms with Gasteiger partial charge in [-0.1, -0.05) is 62.3 Å². The fourth-order valence-corrected chi connectivity index (χ4v) is 3.94. The van der Waals surface area contributed by atoms with Gasteiger partial charge in [-0.3, -0.25) is 0 Å². The first-order chi connectivity index (χ1) is 17.4. The Kier molecular flexibility index (Phi) is 5.73. The Bertz CT molecular complexity index is 1640. The number of fused-ring (bicyclic) bond motifs is 1. The molecule has 0 radical (unpaired) electrons. The maximum absolute atomic E-state index is 13.2. The minimum absolute atomic E-state index is 0.0116. The first-order valence-electron chi connectivity index (χ1n) is 11.5. The minimum atomic E-state index is -4.47. The van der Waals surface area contributed by atoms with Gasteiger partial charge < -0.3 is 4.52 Å². The number of alkyl halides is 3. The van der Waals surface area contributed by atoms with Gasteiger partial charge in [0.05, 0.1) is 5.56 Å². The Labute approximate surface area is 209 Å². The van der Waals surface area contributed by atoms with E-state index < -0.39 is 17.4 Å². The monoisotopic (exact) mass is 508 g/mol. The van der Waals surface area contributed by atoms with Crippen molar-refractivity contribution in [3.8, 4) is 22.8 Å². The van der Waals surface area contributed by atoms with Gasteiger partial charge in [0.25, 0.3) is 0 Å². The maximum atomic E-state index is 13.2. The van der Waals surface area contributed by atoms with Crippen molar-refractivity contribution >= 4 is 5.65 Å². The summed E-state index contributed by atoms with van der Waals surface area (Å²) in [4.78, 5) is 22.0. The van der Waals surface area contributed by atoms with Gasteiger partial charge in [0.2, 0.25) is 11.7 Å². The average molecular weight is 509 g/mol. The van der Waals surface area contributed by atoms with Gasteiger partial charge >= 0.3 is 11.9 Å². The van der Waals surface area contributed by atoms with Crippen LogP contribution in [0.3, 0.4) is 0 Å². The molecule has 0 aliphatic rings. The van der Waals surface area contributed by atoms with Crippen LogP contribution in [0.5, 0.6) is 0 Å². The van der Waals surface area contributed by atoms with Crippen molar-refractivity contribution < 1.29 is 17.7 Å². The van der Waals surface area contributed by atoms with Crippen LogP contribution in [-0.4, -0.2) is 29.3 Å². The van der Waals surface area contributed by atoms with Crippen LogP contribution in [0, 0.1) is 6.92 Å². The Morgan fingerprint density at radius 2 is 1.51 bits per heavy atom. The number of benzene rings is 2. The summed E-state index contributed by atoms with van der Waals surface area (Å²) in [5.41, 5.74) is 1.83. The molecule has 8 nitrogen and oxygen atoms in total. The van der Waals surface area contributed by atoms with E-state index in [0.717, 1.165) is 22.4 Å². The third-order valence-corrected chi connectivity index (χ3v) is 5.93. The molecular formula is C26H23F3N6O2. The molecule has 190 valence electrons. The first-order valence-corrected chi connectivity index (χ1v) is 11.5. The molecule has 0 fully saturated rings. The largest absolute Gasteiger partial charge is 0.416 e. The molecule has 5 rings (SSSR count). The fraction of sp³-hybridized carbons (Fsp3) is 0.269. The van der Waals surface area contributed by atoms with Gasteiger partial charge in [-0.15, -0.1) is 5.10 Å². The second-order valence-electron chi connectivity index (χ2n) is 9.77. The lowest BCUT2D eigenvalue weighted by molar-refractivity contribution is -0.137. The molecule has 0 aliphatic heterocycles. The van der Waals surface area contributed by atoms with Crippen molar-refractivity contribution in [2.75, 3.05) is 0 Å². The predicted octanol–water partition coefficient (Wildman–Crippen LogP) is 5.28. The Morgan fingerprint density at radius 1 is 0.892 bits per heavy atom. The third kappa shape index (κ3) is 4.76.